The molecule has 0 aliphatic rings. The molecule has 0 unspecified atom stereocenters. The molecule has 3 aromatic rings. The fourth-order valence-corrected chi connectivity index (χ4v) is 3.22. The average Bonchev–Trinajstić information content (AvgIpc) is 2.85. The molecule has 0 radical (unpaired) electrons. The van der Waals surface area contributed by atoms with Crippen molar-refractivity contribution in [2.24, 2.45) is 0 Å². The number of rotatable bonds is 8. The van der Waals surface area contributed by atoms with Crippen molar-refractivity contribution in [3.8, 4) is 11.3 Å². The normalized spacial score (nSPS) is 10.6. The second-order valence-corrected chi connectivity index (χ2v) is 7.22. The van der Waals surface area contributed by atoms with Gasteiger partial charge < -0.3 is 15.0 Å². The molecule has 8 nitrogen and oxygen atoms in total. The van der Waals surface area contributed by atoms with Crippen molar-refractivity contribution in [3.63, 3.8) is 0 Å². The molecule has 0 spiro atoms. The molecule has 0 saturated heterocycles. The van der Waals surface area contributed by atoms with Gasteiger partial charge in [-0.05, 0) is 35.9 Å². The smallest absolute Gasteiger partial charge is 0.340 e. The number of aromatic nitrogens is 2. The Morgan fingerprint density at radius 1 is 1.12 bits per heavy atom. The lowest BCUT2D eigenvalue weighted by Gasteiger charge is -2.23. The quantitative estimate of drug-likeness (QED) is 0.508. The Bertz CT molecular complexity index is 1170. The van der Waals surface area contributed by atoms with E-state index in [2.05, 4.69) is 15.3 Å². The van der Waals surface area contributed by atoms with E-state index in [0.717, 1.165) is 24.5 Å². The fraction of sp³-hybridized carbons (Fsp3) is 0.208. The van der Waals surface area contributed by atoms with E-state index in [-0.39, 0.29) is 17.2 Å². The largest absolute Gasteiger partial charge is 0.465 e. The zero-order chi connectivity index (χ0) is 24.7. The Balaban J connectivity index is 1.84. The lowest BCUT2D eigenvalue weighted by Crippen LogP contribution is -2.34. The first kappa shape index (κ1) is 24.4. The van der Waals surface area contributed by atoms with Crippen molar-refractivity contribution in [1.29, 1.82) is 0 Å². The van der Waals surface area contributed by atoms with Crippen LogP contribution in [0.15, 0.2) is 61.1 Å². The van der Waals surface area contributed by atoms with Crippen molar-refractivity contribution >= 4 is 23.5 Å². The molecule has 0 saturated carbocycles. The molecule has 0 bridgehead atoms. The van der Waals surface area contributed by atoms with Gasteiger partial charge in [0.05, 0.1) is 36.2 Å². The van der Waals surface area contributed by atoms with Gasteiger partial charge in [-0.2, -0.15) is 0 Å². The van der Waals surface area contributed by atoms with Crippen LogP contribution in [0.5, 0.6) is 0 Å². The maximum Gasteiger partial charge on any atom is 0.340 e. The Morgan fingerprint density at radius 3 is 2.50 bits per heavy atom. The number of nitrogens with zero attached hydrogens (tertiary/aromatic N) is 3. The molecule has 1 N–H and O–H groups in total. The highest BCUT2D eigenvalue weighted by Gasteiger charge is 2.24. The predicted octanol–water partition coefficient (Wildman–Crippen LogP) is 3.48. The molecule has 176 valence electrons. The van der Waals surface area contributed by atoms with Crippen LogP contribution in [0.25, 0.3) is 11.3 Å². The highest BCUT2D eigenvalue weighted by atomic mass is 19.3. The van der Waals surface area contributed by atoms with Crippen molar-refractivity contribution in [1.82, 2.24) is 15.3 Å². The van der Waals surface area contributed by atoms with E-state index in [1.807, 2.05) is 6.07 Å². The molecule has 2 aromatic heterocycles. The van der Waals surface area contributed by atoms with E-state index < -0.39 is 24.8 Å². The molecule has 0 fully saturated rings. The maximum absolute atomic E-state index is 13.0. The topological polar surface area (TPSA) is 101 Å². The first-order valence-corrected chi connectivity index (χ1v) is 10.2. The highest BCUT2D eigenvalue weighted by molar-refractivity contribution is 6.03. The second kappa shape index (κ2) is 11.1. The van der Waals surface area contributed by atoms with Gasteiger partial charge in [-0.25, -0.2) is 13.6 Å². The minimum absolute atomic E-state index is 0.00907. The third kappa shape index (κ3) is 5.97. The Kier molecular flexibility index (Phi) is 7.96. The van der Waals surface area contributed by atoms with E-state index in [0.29, 0.717) is 23.4 Å². The molecule has 2 heterocycles. The third-order valence-corrected chi connectivity index (χ3v) is 4.89. The molecule has 1 aromatic carbocycles. The van der Waals surface area contributed by atoms with Gasteiger partial charge >= 0.3 is 5.97 Å². The summed E-state index contributed by atoms with van der Waals surface area (Å²) < 4.78 is 30.8. The first-order chi connectivity index (χ1) is 16.3. The number of benzene rings is 1. The number of anilines is 1. The Hall–Kier alpha value is -4.21. The van der Waals surface area contributed by atoms with Crippen LogP contribution in [-0.2, 0) is 16.1 Å². The summed E-state index contributed by atoms with van der Waals surface area (Å²) in [4.78, 5) is 45.8. The molecule has 3 rings (SSSR count). The number of carbonyl (C=O) groups excluding carboxylic acids is 3. The summed E-state index contributed by atoms with van der Waals surface area (Å²) in [6, 6.07) is 11.1. The lowest BCUT2D eigenvalue weighted by molar-refractivity contribution is -0.117. The van der Waals surface area contributed by atoms with Crippen molar-refractivity contribution in [2.45, 2.75) is 19.9 Å². The van der Waals surface area contributed by atoms with E-state index in [1.54, 1.807) is 36.7 Å². The van der Waals surface area contributed by atoms with Crippen LogP contribution >= 0.6 is 0 Å². The van der Waals surface area contributed by atoms with Gasteiger partial charge in [-0.1, -0.05) is 12.1 Å². The number of hydrogen-bond acceptors (Lipinski definition) is 6. The number of nitrogens with one attached hydrogen (secondary N) is 1. The number of halogens is 2. The molecule has 10 heteroatoms. The molecule has 2 amide bonds. The van der Waals surface area contributed by atoms with Gasteiger partial charge in [0.1, 0.15) is 0 Å². The van der Waals surface area contributed by atoms with Gasteiger partial charge in [-0.15, -0.1) is 0 Å². The maximum atomic E-state index is 13.0. The monoisotopic (exact) mass is 468 g/mol. The van der Waals surface area contributed by atoms with Crippen LogP contribution in [0.1, 0.15) is 33.2 Å². The van der Waals surface area contributed by atoms with E-state index in [9.17, 15) is 23.2 Å². The summed E-state index contributed by atoms with van der Waals surface area (Å²) in [7, 11) is 1.15. The number of pyridine rings is 2. The summed E-state index contributed by atoms with van der Waals surface area (Å²) in [5, 5.41) is 2.77. The zero-order valence-electron chi connectivity index (χ0n) is 18.5. The minimum atomic E-state index is -2.78. The van der Waals surface area contributed by atoms with Crippen LogP contribution in [-0.4, -0.2) is 47.8 Å². The van der Waals surface area contributed by atoms with Gasteiger partial charge in [0.2, 0.25) is 5.91 Å². The standard InChI is InChI=1S/C24H22F2N4O4/c1-15(31)30(14-22(25)26)21-8-6-17(10-19(21)24(33)34-2)20-7-5-18(13-28-20)23(32)29-12-16-4-3-9-27-11-16/h3-11,13,22H,12,14H2,1-2H3,(H,29,32). The van der Waals surface area contributed by atoms with E-state index >= 15 is 0 Å². The average molecular weight is 468 g/mol. The number of alkyl halides is 2. The molecule has 34 heavy (non-hydrogen) atoms. The van der Waals surface area contributed by atoms with Crippen LogP contribution in [0.2, 0.25) is 0 Å². The molecule has 0 aliphatic carbocycles. The fourth-order valence-electron chi connectivity index (χ4n) is 3.22. The molecular weight excluding hydrogens is 446 g/mol. The van der Waals surface area contributed by atoms with Gasteiger partial charge in [0.25, 0.3) is 12.3 Å². The summed E-state index contributed by atoms with van der Waals surface area (Å²) in [5.41, 5.74) is 2.04. The number of amides is 2. The molecule has 0 aliphatic heterocycles. The SMILES string of the molecule is COC(=O)c1cc(-c2ccc(C(=O)NCc3cccnc3)cn2)ccc1N(CC(F)F)C(C)=O. The first-order valence-electron chi connectivity index (χ1n) is 10.2. The number of methoxy groups -OCH3 is 1. The molecular formula is C24H22F2N4O4. The van der Waals surface area contributed by atoms with Crippen LogP contribution in [0.3, 0.4) is 0 Å². The second-order valence-electron chi connectivity index (χ2n) is 7.22. The highest BCUT2D eigenvalue weighted by Crippen LogP contribution is 2.28. The van der Waals surface area contributed by atoms with Gasteiger partial charge in [0.15, 0.2) is 0 Å². The lowest BCUT2D eigenvalue weighted by atomic mass is 10.0. The van der Waals surface area contributed by atoms with Crippen molar-refractivity contribution < 1.29 is 27.9 Å². The van der Waals surface area contributed by atoms with E-state index in [1.165, 1.54) is 18.3 Å². The van der Waals surface area contributed by atoms with Crippen LogP contribution < -0.4 is 10.2 Å². The zero-order valence-corrected chi connectivity index (χ0v) is 18.5. The van der Waals surface area contributed by atoms with E-state index in [4.69, 9.17) is 4.74 Å². The number of hydrogen-bond donors (Lipinski definition) is 1. The Labute approximate surface area is 194 Å². The van der Waals surface area contributed by atoms with Gasteiger partial charge in [0, 0.05) is 37.6 Å². The van der Waals surface area contributed by atoms with Crippen LogP contribution in [0, 0.1) is 0 Å². The minimum Gasteiger partial charge on any atom is -0.465 e. The molecule has 0 atom stereocenters. The van der Waals surface area contributed by atoms with Crippen molar-refractivity contribution in [2.75, 3.05) is 18.6 Å². The number of ether oxygens (including phenoxy) is 1. The summed E-state index contributed by atoms with van der Waals surface area (Å²) in [5.74, 6) is -1.75. The number of carbonyl (C=O) groups is 3. The predicted molar refractivity (Wildman–Crippen MR) is 120 cm³/mol. The number of esters is 1. The Morgan fingerprint density at radius 2 is 1.91 bits per heavy atom. The summed E-state index contributed by atoms with van der Waals surface area (Å²) in [6.45, 7) is 0.584. The van der Waals surface area contributed by atoms with Crippen LogP contribution in [0.4, 0.5) is 14.5 Å². The summed E-state index contributed by atoms with van der Waals surface area (Å²) in [6.07, 6.45) is 1.90. The third-order valence-electron chi connectivity index (χ3n) is 4.89. The summed E-state index contributed by atoms with van der Waals surface area (Å²) >= 11 is 0. The van der Waals surface area contributed by atoms with Crippen molar-refractivity contribution in [3.05, 3.63) is 77.7 Å². The van der Waals surface area contributed by atoms with Gasteiger partial charge in [-0.3, -0.25) is 19.6 Å².